The first kappa shape index (κ1) is 14.9. The fourth-order valence-corrected chi connectivity index (χ4v) is 6.81. The van der Waals surface area contributed by atoms with Crippen molar-refractivity contribution in [2.75, 3.05) is 0 Å². The van der Waals surface area contributed by atoms with Crippen LogP contribution in [-0.2, 0) is 9.59 Å². The summed E-state index contributed by atoms with van der Waals surface area (Å²) in [4.78, 5) is 24.7. The third kappa shape index (κ3) is 1.78. The van der Waals surface area contributed by atoms with Gasteiger partial charge in [-0.05, 0) is 60.7 Å². The van der Waals surface area contributed by atoms with Gasteiger partial charge in [-0.1, -0.05) is 13.8 Å². The van der Waals surface area contributed by atoms with E-state index in [1.165, 1.54) is 0 Å². The largest absolute Gasteiger partial charge is 0.393 e. The number of rotatable bonds is 0. The molecule has 4 aliphatic rings. The predicted octanol–water partition coefficient (Wildman–Crippen LogP) is 3.14. The van der Waals surface area contributed by atoms with Crippen molar-refractivity contribution >= 4 is 11.6 Å². The number of Topliss-reactive ketones (excluding diaryl/α,β-unsaturated/α-hetero) is 2. The van der Waals surface area contributed by atoms with Crippen LogP contribution >= 0.6 is 0 Å². The first-order valence-corrected chi connectivity index (χ1v) is 9.09. The summed E-state index contributed by atoms with van der Waals surface area (Å²) in [5, 5.41) is 10.4. The van der Waals surface area contributed by atoms with Crippen LogP contribution in [0.25, 0.3) is 0 Å². The Morgan fingerprint density at radius 1 is 0.955 bits per heavy atom. The molecule has 0 spiro atoms. The van der Waals surface area contributed by atoms with Gasteiger partial charge in [-0.15, -0.1) is 0 Å². The molecule has 0 amide bonds. The topological polar surface area (TPSA) is 54.4 Å². The van der Waals surface area contributed by atoms with E-state index >= 15 is 0 Å². The maximum atomic E-state index is 12.8. The average Bonchev–Trinajstić information content (AvgIpc) is 2.77. The second-order valence-electron chi connectivity index (χ2n) is 8.99. The van der Waals surface area contributed by atoms with Crippen LogP contribution in [0.4, 0.5) is 0 Å². The zero-order chi connectivity index (χ0) is 15.7. The molecule has 0 aromatic carbocycles. The highest BCUT2D eigenvalue weighted by molar-refractivity contribution is 5.90. The van der Waals surface area contributed by atoms with E-state index in [2.05, 4.69) is 13.8 Å². The molecule has 0 aliphatic heterocycles. The first-order valence-electron chi connectivity index (χ1n) is 9.09. The van der Waals surface area contributed by atoms with E-state index in [1.54, 1.807) is 0 Å². The van der Waals surface area contributed by atoms with E-state index < -0.39 is 0 Å². The fourth-order valence-electron chi connectivity index (χ4n) is 6.81. The number of ketones is 2. The molecule has 4 fully saturated rings. The Kier molecular flexibility index (Phi) is 3.15. The van der Waals surface area contributed by atoms with Crippen LogP contribution in [-0.4, -0.2) is 22.8 Å². The quantitative estimate of drug-likeness (QED) is 0.748. The summed E-state index contributed by atoms with van der Waals surface area (Å²) >= 11 is 0. The third-order valence-electron chi connectivity index (χ3n) is 8.23. The zero-order valence-electron chi connectivity index (χ0n) is 13.8. The Labute approximate surface area is 132 Å². The van der Waals surface area contributed by atoms with Gasteiger partial charge in [0.2, 0.25) is 0 Å². The van der Waals surface area contributed by atoms with Crippen LogP contribution in [0.5, 0.6) is 0 Å². The van der Waals surface area contributed by atoms with Crippen molar-refractivity contribution in [1.82, 2.24) is 0 Å². The van der Waals surface area contributed by atoms with Crippen LogP contribution in [0.15, 0.2) is 0 Å². The zero-order valence-corrected chi connectivity index (χ0v) is 13.8. The Morgan fingerprint density at radius 2 is 1.68 bits per heavy atom. The van der Waals surface area contributed by atoms with E-state index in [9.17, 15) is 14.7 Å². The molecule has 4 aliphatic carbocycles. The van der Waals surface area contributed by atoms with Crippen LogP contribution < -0.4 is 0 Å². The molecular formula is C19H28O3. The number of aliphatic hydroxyl groups is 1. The molecule has 0 bridgehead atoms. The number of fused-ring (bicyclic) bond motifs is 5. The van der Waals surface area contributed by atoms with Crippen molar-refractivity contribution < 1.29 is 14.7 Å². The van der Waals surface area contributed by atoms with Crippen molar-refractivity contribution in [3.8, 4) is 0 Å². The van der Waals surface area contributed by atoms with Gasteiger partial charge < -0.3 is 5.11 Å². The lowest BCUT2D eigenvalue weighted by atomic mass is 9.45. The summed E-state index contributed by atoms with van der Waals surface area (Å²) in [6.07, 6.45) is 6.71. The lowest BCUT2D eigenvalue weighted by Crippen LogP contribution is -2.57. The molecule has 1 N–H and O–H groups in total. The lowest BCUT2D eigenvalue weighted by molar-refractivity contribution is -0.160. The highest BCUT2D eigenvalue weighted by Gasteiger charge is 2.62. The number of hydrogen-bond donors (Lipinski definition) is 1. The van der Waals surface area contributed by atoms with Gasteiger partial charge in [0.05, 0.1) is 6.10 Å². The fraction of sp³-hybridized carbons (Fsp3) is 0.895. The van der Waals surface area contributed by atoms with Gasteiger partial charge in [0.15, 0.2) is 0 Å². The standard InChI is InChI=1S/C19H28O3/c1-18-7-5-11(20)9-15(18)16(21)10-12-13-3-4-17(22)19(13,2)8-6-14(12)18/h12-15,17,22H,3-10H2,1-2H3/t12-,13-,14-,15+,17?,18+,19-/m0/s1. The van der Waals surface area contributed by atoms with E-state index in [0.717, 1.165) is 32.1 Å². The maximum Gasteiger partial charge on any atom is 0.137 e. The Hall–Kier alpha value is -0.700. The van der Waals surface area contributed by atoms with Crippen molar-refractivity contribution in [2.24, 2.45) is 34.5 Å². The molecule has 0 aromatic heterocycles. The molecule has 4 saturated carbocycles. The molecule has 3 heteroatoms. The van der Waals surface area contributed by atoms with Crippen molar-refractivity contribution in [1.29, 1.82) is 0 Å². The highest BCUT2D eigenvalue weighted by Crippen LogP contribution is 2.65. The molecular weight excluding hydrogens is 276 g/mol. The molecule has 22 heavy (non-hydrogen) atoms. The molecule has 4 rings (SSSR count). The van der Waals surface area contributed by atoms with Gasteiger partial charge in [0, 0.05) is 25.2 Å². The molecule has 0 aromatic rings. The minimum absolute atomic E-state index is 0.0225. The average molecular weight is 304 g/mol. The first-order chi connectivity index (χ1) is 10.4. The van der Waals surface area contributed by atoms with Crippen molar-refractivity contribution in [2.45, 2.75) is 71.3 Å². The van der Waals surface area contributed by atoms with E-state index in [0.29, 0.717) is 42.8 Å². The van der Waals surface area contributed by atoms with E-state index in [-0.39, 0.29) is 28.6 Å². The van der Waals surface area contributed by atoms with Crippen LogP contribution in [0.1, 0.15) is 65.2 Å². The second-order valence-corrected chi connectivity index (χ2v) is 8.99. The van der Waals surface area contributed by atoms with Crippen LogP contribution in [0.3, 0.4) is 0 Å². The van der Waals surface area contributed by atoms with Gasteiger partial charge in [-0.2, -0.15) is 0 Å². The number of carbonyl (C=O) groups excluding carboxylic acids is 2. The maximum absolute atomic E-state index is 12.8. The molecule has 0 radical (unpaired) electrons. The highest BCUT2D eigenvalue weighted by atomic mass is 16.3. The monoisotopic (exact) mass is 304 g/mol. The third-order valence-corrected chi connectivity index (χ3v) is 8.23. The number of carbonyl (C=O) groups is 2. The van der Waals surface area contributed by atoms with Gasteiger partial charge >= 0.3 is 0 Å². The molecule has 7 atom stereocenters. The van der Waals surface area contributed by atoms with Crippen molar-refractivity contribution in [3.05, 3.63) is 0 Å². The summed E-state index contributed by atoms with van der Waals surface area (Å²) in [5.74, 6) is 2.12. The minimum atomic E-state index is -0.188. The summed E-state index contributed by atoms with van der Waals surface area (Å²) in [5.41, 5.74) is 0.0535. The second kappa shape index (κ2) is 4.66. The summed E-state index contributed by atoms with van der Waals surface area (Å²) < 4.78 is 0. The van der Waals surface area contributed by atoms with Gasteiger partial charge in [0.1, 0.15) is 11.6 Å². The summed E-state index contributed by atoms with van der Waals surface area (Å²) in [6.45, 7) is 4.53. The van der Waals surface area contributed by atoms with Crippen molar-refractivity contribution in [3.63, 3.8) is 0 Å². The molecule has 0 saturated heterocycles. The Morgan fingerprint density at radius 3 is 2.45 bits per heavy atom. The van der Waals surface area contributed by atoms with Crippen LogP contribution in [0, 0.1) is 34.5 Å². The SMILES string of the molecule is C[C@]12CCC(=O)C[C@@H]1C(=O)C[C@@H]1[C@@H]2CC[C@]2(C)C(O)CC[C@@H]12. The number of aliphatic hydroxyl groups excluding tert-OH is 1. The lowest BCUT2D eigenvalue weighted by Gasteiger charge is -2.59. The number of hydrogen-bond acceptors (Lipinski definition) is 3. The molecule has 122 valence electrons. The van der Waals surface area contributed by atoms with E-state index in [1.807, 2.05) is 0 Å². The van der Waals surface area contributed by atoms with Gasteiger partial charge in [-0.3, -0.25) is 9.59 Å². The smallest absolute Gasteiger partial charge is 0.137 e. The van der Waals surface area contributed by atoms with Crippen LogP contribution in [0.2, 0.25) is 0 Å². The van der Waals surface area contributed by atoms with E-state index in [4.69, 9.17) is 0 Å². The van der Waals surface area contributed by atoms with Gasteiger partial charge in [-0.25, -0.2) is 0 Å². The normalized spacial score (nSPS) is 54.6. The molecule has 3 nitrogen and oxygen atoms in total. The molecule has 1 unspecified atom stereocenters. The molecule has 0 heterocycles. The van der Waals surface area contributed by atoms with Gasteiger partial charge in [0.25, 0.3) is 0 Å². The minimum Gasteiger partial charge on any atom is -0.393 e. The predicted molar refractivity (Wildman–Crippen MR) is 83.1 cm³/mol. The Balaban J connectivity index is 1.69. The summed E-state index contributed by atoms with van der Waals surface area (Å²) in [7, 11) is 0. The summed E-state index contributed by atoms with van der Waals surface area (Å²) in [6, 6.07) is 0. The Bertz CT molecular complexity index is 527.